The molecule has 0 unspecified atom stereocenters. The second-order valence-electron chi connectivity index (χ2n) is 2.53. The molecule has 0 fully saturated rings. The fraction of sp³-hybridized carbons (Fsp3) is 0.333. The van der Waals surface area contributed by atoms with Gasteiger partial charge in [-0.2, -0.15) is 0 Å². The summed E-state index contributed by atoms with van der Waals surface area (Å²) < 4.78 is 0. The SMILES string of the molecule is C=C.C=CCCC=C.CC=CCC=CC. The van der Waals surface area contributed by atoms with Crippen molar-refractivity contribution in [1.82, 2.24) is 0 Å². The van der Waals surface area contributed by atoms with Gasteiger partial charge in [0.05, 0.1) is 0 Å². The molecule has 0 amide bonds. The Labute approximate surface area is 96.4 Å². The van der Waals surface area contributed by atoms with Crippen LogP contribution in [-0.4, -0.2) is 0 Å². The van der Waals surface area contributed by atoms with Gasteiger partial charge in [0.15, 0.2) is 0 Å². The molecule has 0 nitrogen and oxygen atoms in total. The number of unbranched alkanes of at least 4 members (excludes halogenated alkanes) is 1. The van der Waals surface area contributed by atoms with Crippen molar-refractivity contribution in [3.63, 3.8) is 0 Å². The first kappa shape index (κ1) is 19.3. The monoisotopic (exact) mass is 206 g/mol. The Morgan fingerprint density at radius 1 is 0.800 bits per heavy atom. The maximum atomic E-state index is 3.55. The minimum Gasteiger partial charge on any atom is -0.106 e. The summed E-state index contributed by atoms with van der Waals surface area (Å²) in [4.78, 5) is 0. The van der Waals surface area contributed by atoms with E-state index in [1.807, 2.05) is 26.0 Å². The highest BCUT2D eigenvalue weighted by Crippen LogP contribution is 1.86. The van der Waals surface area contributed by atoms with Crippen LogP contribution >= 0.6 is 0 Å². The molecule has 0 spiro atoms. The zero-order valence-electron chi connectivity index (χ0n) is 10.4. The van der Waals surface area contributed by atoms with Gasteiger partial charge in [-0.15, -0.1) is 26.3 Å². The van der Waals surface area contributed by atoms with Gasteiger partial charge in [-0.1, -0.05) is 36.5 Å². The summed E-state index contributed by atoms with van der Waals surface area (Å²) in [5.41, 5.74) is 0. The summed E-state index contributed by atoms with van der Waals surface area (Å²) in [7, 11) is 0. The molecule has 0 aliphatic heterocycles. The Bertz CT molecular complexity index is 143. The smallest absolute Gasteiger partial charge is 0.0169 e. The predicted octanol–water partition coefficient (Wildman–Crippen LogP) is 5.47. The standard InChI is InChI=1S/C7H12.C6H10.C2H4/c1-3-5-7-6-4-2;1-3-5-6-4-2;1-2/h3-6H,7H2,1-2H3;3-4H,1-2,5-6H2;1-2H2. The topological polar surface area (TPSA) is 0 Å². The van der Waals surface area contributed by atoms with E-state index in [4.69, 9.17) is 0 Å². The Morgan fingerprint density at radius 2 is 1.13 bits per heavy atom. The lowest BCUT2D eigenvalue weighted by Gasteiger charge is -1.76. The fourth-order valence-electron chi connectivity index (χ4n) is 0.586. The van der Waals surface area contributed by atoms with Crippen LogP contribution < -0.4 is 0 Å². The molecular formula is C15H26. The summed E-state index contributed by atoms with van der Waals surface area (Å²) in [5, 5.41) is 0. The van der Waals surface area contributed by atoms with E-state index in [0.29, 0.717) is 0 Å². The van der Waals surface area contributed by atoms with Crippen LogP contribution in [0.25, 0.3) is 0 Å². The van der Waals surface area contributed by atoms with Gasteiger partial charge in [-0.3, -0.25) is 0 Å². The summed E-state index contributed by atoms with van der Waals surface area (Å²) in [5.74, 6) is 0. The summed E-state index contributed by atoms with van der Waals surface area (Å²) in [6.07, 6.45) is 15.3. The molecule has 0 heterocycles. The van der Waals surface area contributed by atoms with Crippen LogP contribution in [0, 0.1) is 0 Å². The summed E-state index contributed by atoms with van der Waals surface area (Å²) in [6.45, 7) is 17.2. The predicted molar refractivity (Wildman–Crippen MR) is 75.1 cm³/mol. The van der Waals surface area contributed by atoms with Crippen molar-refractivity contribution in [3.8, 4) is 0 Å². The van der Waals surface area contributed by atoms with Crippen molar-refractivity contribution in [2.24, 2.45) is 0 Å². The minimum absolute atomic E-state index is 1.06. The van der Waals surface area contributed by atoms with E-state index in [0.717, 1.165) is 19.3 Å². The van der Waals surface area contributed by atoms with Crippen molar-refractivity contribution < 1.29 is 0 Å². The van der Waals surface area contributed by atoms with Gasteiger partial charge in [0, 0.05) is 0 Å². The van der Waals surface area contributed by atoms with E-state index >= 15 is 0 Å². The number of allylic oxidation sites excluding steroid dienone is 6. The molecule has 0 aromatic heterocycles. The fourth-order valence-corrected chi connectivity index (χ4v) is 0.586. The first-order chi connectivity index (χ1) is 7.33. The van der Waals surface area contributed by atoms with Crippen LogP contribution in [0.15, 0.2) is 62.8 Å². The van der Waals surface area contributed by atoms with Crippen LogP contribution in [-0.2, 0) is 0 Å². The van der Waals surface area contributed by atoms with Crippen molar-refractivity contribution in [2.75, 3.05) is 0 Å². The van der Waals surface area contributed by atoms with Gasteiger partial charge in [0.2, 0.25) is 0 Å². The zero-order valence-corrected chi connectivity index (χ0v) is 10.4. The number of hydrogen-bond donors (Lipinski definition) is 0. The van der Waals surface area contributed by atoms with E-state index < -0.39 is 0 Å². The molecule has 86 valence electrons. The third-order valence-electron chi connectivity index (χ3n) is 1.32. The lowest BCUT2D eigenvalue weighted by Crippen LogP contribution is -1.56. The number of rotatable bonds is 5. The van der Waals surface area contributed by atoms with Crippen molar-refractivity contribution >= 4 is 0 Å². The Kier molecular flexibility index (Phi) is 37.7. The van der Waals surface area contributed by atoms with E-state index in [1.54, 1.807) is 0 Å². The molecule has 0 heteroatoms. The highest BCUT2D eigenvalue weighted by Gasteiger charge is 1.66. The van der Waals surface area contributed by atoms with Crippen LogP contribution in [0.2, 0.25) is 0 Å². The van der Waals surface area contributed by atoms with Crippen molar-refractivity contribution in [1.29, 1.82) is 0 Å². The second-order valence-corrected chi connectivity index (χ2v) is 2.53. The molecule has 0 saturated heterocycles. The highest BCUT2D eigenvalue weighted by atomic mass is 13.7. The molecule has 0 N–H and O–H groups in total. The van der Waals surface area contributed by atoms with E-state index in [9.17, 15) is 0 Å². The molecule has 0 aromatic carbocycles. The van der Waals surface area contributed by atoms with Crippen LogP contribution in [0.3, 0.4) is 0 Å². The zero-order chi connectivity index (χ0) is 12.4. The molecule has 0 aliphatic carbocycles. The third kappa shape index (κ3) is 44.8. The van der Waals surface area contributed by atoms with Gasteiger partial charge in [0.25, 0.3) is 0 Å². The second kappa shape index (κ2) is 29.3. The van der Waals surface area contributed by atoms with Crippen molar-refractivity contribution in [2.45, 2.75) is 33.1 Å². The summed E-state index contributed by atoms with van der Waals surface area (Å²) in [6, 6.07) is 0. The molecule has 0 radical (unpaired) electrons. The lowest BCUT2D eigenvalue weighted by molar-refractivity contribution is 1.06. The Morgan fingerprint density at radius 3 is 1.33 bits per heavy atom. The minimum atomic E-state index is 1.06. The van der Waals surface area contributed by atoms with Gasteiger partial charge >= 0.3 is 0 Å². The quantitative estimate of drug-likeness (QED) is 0.413. The van der Waals surface area contributed by atoms with Gasteiger partial charge in [0.1, 0.15) is 0 Å². The molecule has 0 aromatic rings. The summed E-state index contributed by atoms with van der Waals surface area (Å²) >= 11 is 0. The third-order valence-corrected chi connectivity index (χ3v) is 1.32. The van der Waals surface area contributed by atoms with Crippen LogP contribution in [0.4, 0.5) is 0 Å². The average Bonchev–Trinajstić information content (AvgIpc) is 2.31. The maximum Gasteiger partial charge on any atom is -0.0169 e. The highest BCUT2D eigenvalue weighted by molar-refractivity contribution is 4.88. The molecular weight excluding hydrogens is 180 g/mol. The Hall–Kier alpha value is -1.30. The molecule has 0 rings (SSSR count). The van der Waals surface area contributed by atoms with E-state index in [1.165, 1.54) is 0 Å². The first-order valence-electron chi connectivity index (χ1n) is 5.27. The van der Waals surface area contributed by atoms with Crippen LogP contribution in [0.5, 0.6) is 0 Å². The Balaban J connectivity index is -0.000000166. The first-order valence-corrected chi connectivity index (χ1v) is 5.27. The molecule has 0 aliphatic rings. The van der Waals surface area contributed by atoms with Gasteiger partial charge in [-0.05, 0) is 33.1 Å². The van der Waals surface area contributed by atoms with Crippen LogP contribution in [0.1, 0.15) is 33.1 Å². The average molecular weight is 206 g/mol. The van der Waals surface area contributed by atoms with Gasteiger partial charge in [-0.25, -0.2) is 0 Å². The van der Waals surface area contributed by atoms with Gasteiger partial charge < -0.3 is 0 Å². The molecule has 15 heavy (non-hydrogen) atoms. The normalized spacial score (nSPS) is 8.67. The molecule has 0 atom stereocenters. The molecule has 0 bridgehead atoms. The maximum absolute atomic E-state index is 3.55. The van der Waals surface area contributed by atoms with E-state index in [-0.39, 0.29) is 0 Å². The van der Waals surface area contributed by atoms with E-state index in [2.05, 4.69) is 50.6 Å². The lowest BCUT2D eigenvalue weighted by atomic mass is 10.3. The molecule has 0 saturated carbocycles. The van der Waals surface area contributed by atoms with Crippen molar-refractivity contribution in [3.05, 3.63) is 62.8 Å². The number of hydrogen-bond acceptors (Lipinski definition) is 0. The largest absolute Gasteiger partial charge is 0.106 e.